The molecule has 2 N–H and O–H groups in total. The second-order valence-electron chi connectivity index (χ2n) is 6.28. The van der Waals surface area contributed by atoms with Crippen molar-refractivity contribution in [1.82, 2.24) is 5.32 Å². The average molecular weight is 358 g/mol. The van der Waals surface area contributed by atoms with Crippen LogP contribution in [0.15, 0.2) is 40.5 Å². The van der Waals surface area contributed by atoms with Crippen molar-refractivity contribution in [3.05, 3.63) is 30.3 Å². The van der Waals surface area contributed by atoms with Gasteiger partial charge in [0.25, 0.3) is 0 Å². The number of amides is 2. The van der Waals surface area contributed by atoms with Crippen molar-refractivity contribution in [3.8, 4) is 0 Å². The number of nitrogens with zero attached hydrogens (tertiary/aromatic N) is 2. The van der Waals surface area contributed by atoms with Crippen LogP contribution in [0.3, 0.4) is 0 Å². The molecule has 1 aliphatic carbocycles. The van der Waals surface area contributed by atoms with Gasteiger partial charge in [0.1, 0.15) is 5.25 Å². The van der Waals surface area contributed by atoms with E-state index in [0.717, 1.165) is 18.5 Å². The van der Waals surface area contributed by atoms with Crippen LogP contribution in [0, 0.1) is 5.92 Å². The highest BCUT2D eigenvalue weighted by atomic mass is 32.2. The lowest BCUT2D eigenvalue weighted by molar-refractivity contribution is -0.122. The summed E-state index contributed by atoms with van der Waals surface area (Å²) in [6.07, 6.45) is 8.11. The number of anilines is 1. The minimum Gasteiger partial charge on any atom is -0.326 e. The van der Waals surface area contributed by atoms with Gasteiger partial charge in [-0.25, -0.2) is 0 Å². The van der Waals surface area contributed by atoms with Gasteiger partial charge in [0.15, 0.2) is 5.17 Å². The monoisotopic (exact) mass is 358 g/mol. The molecule has 0 spiro atoms. The average Bonchev–Trinajstić information content (AvgIpc) is 2.96. The van der Waals surface area contributed by atoms with E-state index in [9.17, 15) is 9.59 Å². The van der Waals surface area contributed by atoms with E-state index in [1.54, 1.807) is 0 Å². The fraction of sp³-hybridized carbons (Fsp3) is 0.444. The topological polar surface area (TPSA) is 82.9 Å². The first-order chi connectivity index (χ1) is 12.2. The fourth-order valence-corrected chi connectivity index (χ4v) is 3.88. The Hall–Kier alpha value is -2.15. The van der Waals surface area contributed by atoms with Crippen molar-refractivity contribution in [2.45, 2.75) is 43.8 Å². The van der Waals surface area contributed by atoms with Crippen molar-refractivity contribution in [2.75, 3.05) is 5.32 Å². The van der Waals surface area contributed by atoms with Gasteiger partial charge in [0.05, 0.1) is 0 Å². The number of amidine groups is 1. The summed E-state index contributed by atoms with van der Waals surface area (Å²) >= 11 is 1.26. The van der Waals surface area contributed by atoms with Crippen LogP contribution in [0.4, 0.5) is 5.69 Å². The first-order valence-electron chi connectivity index (χ1n) is 8.64. The van der Waals surface area contributed by atoms with E-state index < -0.39 is 5.25 Å². The molecule has 2 fully saturated rings. The second-order valence-corrected chi connectivity index (χ2v) is 7.47. The molecular weight excluding hydrogens is 336 g/mol. The fourth-order valence-electron chi connectivity index (χ4n) is 2.95. The molecule has 3 rings (SSSR count). The molecule has 1 aromatic rings. The number of para-hydroxylation sites is 1. The zero-order valence-corrected chi connectivity index (χ0v) is 14.8. The quantitative estimate of drug-likeness (QED) is 0.626. The van der Waals surface area contributed by atoms with E-state index in [0.29, 0.717) is 11.1 Å². The molecule has 7 heteroatoms. The molecule has 6 nitrogen and oxygen atoms in total. The van der Waals surface area contributed by atoms with Gasteiger partial charge in [-0.3, -0.25) is 9.59 Å². The Morgan fingerprint density at radius 1 is 1.24 bits per heavy atom. The Balaban J connectivity index is 1.49. The van der Waals surface area contributed by atoms with Gasteiger partial charge in [-0.15, -0.1) is 5.10 Å². The largest absolute Gasteiger partial charge is 0.326 e. The third-order valence-electron chi connectivity index (χ3n) is 4.28. The normalized spacial score (nSPS) is 23.1. The maximum absolute atomic E-state index is 12.1. The van der Waals surface area contributed by atoms with Crippen molar-refractivity contribution in [3.63, 3.8) is 0 Å². The number of carbonyl (C=O) groups is 2. The molecule has 25 heavy (non-hydrogen) atoms. The Labute approximate surface area is 151 Å². The van der Waals surface area contributed by atoms with Crippen LogP contribution in [-0.2, 0) is 9.59 Å². The van der Waals surface area contributed by atoms with Gasteiger partial charge in [-0.2, -0.15) is 5.10 Å². The highest BCUT2D eigenvalue weighted by molar-refractivity contribution is 8.15. The third-order valence-corrected chi connectivity index (χ3v) is 5.35. The Kier molecular flexibility index (Phi) is 6.22. The maximum Gasteiger partial charge on any atom is 0.240 e. The molecule has 0 radical (unpaired) electrons. The van der Waals surface area contributed by atoms with Gasteiger partial charge in [-0.05, 0) is 30.9 Å². The zero-order chi connectivity index (χ0) is 17.5. The highest BCUT2D eigenvalue weighted by Crippen LogP contribution is 2.24. The molecule has 1 atom stereocenters. The number of nitrogens with one attached hydrogen (secondary N) is 2. The summed E-state index contributed by atoms with van der Waals surface area (Å²) in [6.45, 7) is 0. The Morgan fingerprint density at radius 2 is 2.00 bits per heavy atom. The smallest absolute Gasteiger partial charge is 0.240 e. The highest BCUT2D eigenvalue weighted by Gasteiger charge is 2.32. The van der Waals surface area contributed by atoms with Gasteiger partial charge in [-0.1, -0.05) is 49.2 Å². The first-order valence-corrected chi connectivity index (χ1v) is 9.52. The zero-order valence-electron chi connectivity index (χ0n) is 14.0. The maximum atomic E-state index is 12.1. The minimum absolute atomic E-state index is 0.108. The standard InChI is InChI=1S/C18H22N4O2S/c23-16(20-14-9-5-2-6-10-14)11-15-17(24)21-18(25-15)22-19-12-13-7-3-1-4-8-13/h2,5-6,9-10,12-13,15H,1,3-4,7-8,11H2,(H,20,23)(H,21,22,24)/b19-12+. The molecule has 1 unspecified atom stereocenters. The van der Waals surface area contributed by atoms with Crippen LogP contribution in [0.25, 0.3) is 0 Å². The Morgan fingerprint density at radius 3 is 2.76 bits per heavy atom. The summed E-state index contributed by atoms with van der Waals surface area (Å²) < 4.78 is 0. The van der Waals surface area contributed by atoms with Crippen LogP contribution in [-0.4, -0.2) is 28.4 Å². The first kappa shape index (κ1) is 17.7. The summed E-state index contributed by atoms with van der Waals surface area (Å²) in [5.74, 6) is 0.110. The summed E-state index contributed by atoms with van der Waals surface area (Å²) in [5.41, 5.74) is 0.724. The molecule has 0 aromatic heterocycles. The van der Waals surface area contributed by atoms with Crippen molar-refractivity contribution in [1.29, 1.82) is 0 Å². The van der Waals surface area contributed by atoms with Crippen LogP contribution in [0.5, 0.6) is 0 Å². The summed E-state index contributed by atoms with van der Waals surface area (Å²) in [7, 11) is 0. The van der Waals surface area contributed by atoms with Gasteiger partial charge in [0.2, 0.25) is 11.8 Å². The molecular formula is C18H22N4O2S. The molecule has 1 saturated heterocycles. The van der Waals surface area contributed by atoms with Crippen LogP contribution < -0.4 is 10.6 Å². The number of carbonyl (C=O) groups excluding carboxylic acids is 2. The number of benzene rings is 1. The second kappa shape index (κ2) is 8.80. The van der Waals surface area contributed by atoms with Gasteiger partial charge in [0, 0.05) is 18.3 Å². The van der Waals surface area contributed by atoms with Crippen molar-refractivity contribution in [2.24, 2.45) is 16.1 Å². The van der Waals surface area contributed by atoms with Crippen molar-refractivity contribution < 1.29 is 9.59 Å². The third kappa shape index (κ3) is 5.42. The lowest BCUT2D eigenvalue weighted by Crippen LogP contribution is -2.28. The summed E-state index contributed by atoms with van der Waals surface area (Å²) in [4.78, 5) is 24.1. The lowest BCUT2D eigenvalue weighted by atomic mass is 9.90. The molecule has 2 aliphatic rings. The number of rotatable bonds is 5. The Bertz CT molecular complexity index is 669. The minimum atomic E-state index is -0.465. The molecule has 1 heterocycles. The number of hydrogen-bond acceptors (Lipinski definition) is 5. The summed E-state index contributed by atoms with van der Waals surface area (Å²) in [6, 6.07) is 9.20. The van der Waals surface area contributed by atoms with E-state index in [1.165, 1.54) is 31.0 Å². The van der Waals surface area contributed by atoms with Crippen LogP contribution in [0.2, 0.25) is 0 Å². The molecule has 1 aliphatic heterocycles. The molecule has 2 amide bonds. The summed E-state index contributed by atoms with van der Waals surface area (Å²) in [5, 5.41) is 13.7. The molecule has 132 valence electrons. The van der Waals surface area contributed by atoms with E-state index in [2.05, 4.69) is 20.8 Å². The van der Waals surface area contributed by atoms with Gasteiger partial charge < -0.3 is 10.6 Å². The molecule has 1 aromatic carbocycles. The molecule has 0 bridgehead atoms. The van der Waals surface area contributed by atoms with Gasteiger partial charge >= 0.3 is 0 Å². The van der Waals surface area contributed by atoms with E-state index in [4.69, 9.17) is 0 Å². The number of thioether (sulfide) groups is 1. The SMILES string of the molecule is O=C(CC1S/C(=N/N=C/C2CCCCC2)NC1=O)Nc1ccccc1. The van der Waals surface area contributed by atoms with E-state index in [-0.39, 0.29) is 18.2 Å². The predicted molar refractivity (Wildman–Crippen MR) is 102 cm³/mol. The van der Waals surface area contributed by atoms with Crippen LogP contribution >= 0.6 is 11.8 Å². The van der Waals surface area contributed by atoms with Crippen molar-refractivity contribution >= 4 is 40.6 Å². The lowest BCUT2D eigenvalue weighted by Gasteiger charge is -2.16. The predicted octanol–water partition coefficient (Wildman–Crippen LogP) is 3.17. The van der Waals surface area contributed by atoms with E-state index >= 15 is 0 Å². The molecule has 1 saturated carbocycles. The van der Waals surface area contributed by atoms with Crippen LogP contribution in [0.1, 0.15) is 38.5 Å². The number of hydrogen-bond donors (Lipinski definition) is 2. The van der Waals surface area contributed by atoms with E-state index in [1.807, 2.05) is 36.5 Å².